The monoisotopic (exact) mass is 481 g/mol. The van der Waals surface area contributed by atoms with Gasteiger partial charge in [0.2, 0.25) is 0 Å². The summed E-state index contributed by atoms with van der Waals surface area (Å²) in [7, 11) is 0. The lowest BCUT2D eigenvalue weighted by Gasteiger charge is -2.21. The Morgan fingerprint density at radius 3 is 2.56 bits per heavy atom. The molecule has 0 radical (unpaired) electrons. The molecule has 2 aromatic carbocycles. The minimum atomic E-state index is -0.507. The topological polar surface area (TPSA) is 108 Å². The third-order valence-electron chi connectivity index (χ3n) is 6.36. The molecule has 7 nitrogen and oxygen atoms in total. The molecule has 0 spiro atoms. The molecule has 184 valence electrons. The van der Waals surface area contributed by atoms with Crippen LogP contribution in [0.5, 0.6) is 0 Å². The maximum absolute atomic E-state index is 12.6. The zero-order chi connectivity index (χ0) is 25.5. The maximum atomic E-state index is 12.6. The van der Waals surface area contributed by atoms with Gasteiger partial charge in [-0.05, 0) is 37.7 Å². The van der Waals surface area contributed by atoms with Gasteiger partial charge in [0.1, 0.15) is 5.82 Å². The summed E-state index contributed by atoms with van der Waals surface area (Å²) in [6.07, 6.45) is 3.72. The number of ketones is 1. The van der Waals surface area contributed by atoms with E-state index in [1.165, 1.54) is 0 Å². The van der Waals surface area contributed by atoms with Gasteiger partial charge in [-0.2, -0.15) is 5.10 Å². The fraction of sp³-hybridized carbons (Fsp3) is 0.276. The molecule has 2 heterocycles. The number of nitrogens with two attached hydrogens (primary N) is 1. The number of benzene rings is 2. The summed E-state index contributed by atoms with van der Waals surface area (Å²) in [5.74, 6) is 6.71. The van der Waals surface area contributed by atoms with Crippen LogP contribution in [0.2, 0.25) is 0 Å². The number of nitrogens with zero attached hydrogens (tertiary/aromatic N) is 3. The van der Waals surface area contributed by atoms with Crippen molar-refractivity contribution >= 4 is 22.4 Å². The molecule has 0 saturated carbocycles. The lowest BCUT2D eigenvalue weighted by Crippen LogP contribution is -2.32. The highest BCUT2D eigenvalue weighted by Gasteiger charge is 2.13. The van der Waals surface area contributed by atoms with Crippen LogP contribution in [-0.2, 0) is 0 Å². The molecule has 0 amide bonds. The second-order valence-corrected chi connectivity index (χ2v) is 8.68. The molecule has 1 atom stereocenters. The highest BCUT2D eigenvalue weighted by molar-refractivity contribution is 6.00. The molecule has 1 unspecified atom stereocenters. The number of carbonyl (C=O) groups excluding carboxylic acids is 1. The van der Waals surface area contributed by atoms with Crippen LogP contribution in [0.15, 0.2) is 60.9 Å². The Morgan fingerprint density at radius 2 is 1.86 bits per heavy atom. The van der Waals surface area contributed by atoms with Crippen molar-refractivity contribution in [2.75, 3.05) is 25.4 Å². The van der Waals surface area contributed by atoms with Gasteiger partial charge in [-0.25, -0.2) is 4.98 Å². The van der Waals surface area contributed by atoms with Crippen molar-refractivity contribution in [3.05, 3.63) is 77.6 Å². The number of aromatic amines is 1. The van der Waals surface area contributed by atoms with Crippen LogP contribution in [-0.4, -0.2) is 56.7 Å². The number of carbonyl (C=O) groups is 1. The van der Waals surface area contributed by atoms with Crippen LogP contribution in [0.1, 0.15) is 48.2 Å². The first kappa shape index (κ1) is 25.1. The Morgan fingerprint density at radius 1 is 1.08 bits per heavy atom. The summed E-state index contributed by atoms with van der Waals surface area (Å²) in [6, 6.07) is 15.1. The normalized spacial score (nSPS) is 11.9. The van der Waals surface area contributed by atoms with E-state index >= 15 is 0 Å². The molecule has 2 aromatic heterocycles. The number of anilines is 1. The van der Waals surface area contributed by atoms with Crippen molar-refractivity contribution in [1.29, 1.82) is 0 Å². The Kier molecular flexibility index (Phi) is 8.11. The van der Waals surface area contributed by atoms with Gasteiger partial charge in [-0.3, -0.25) is 9.89 Å². The van der Waals surface area contributed by atoms with Crippen LogP contribution in [0.25, 0.3) is 22.0 Å². The van der Waals surface area contributed by atoms with E-state index in [2.05, 4.69) is 45.8 Å². The molecule has 0 aliphatic carbocycles. The van der Waals surface area contributed by atoms with Gasteiger partial charge < -0.3 is 15.7 Å². The number of hydrogen-bond acceptors (Lipinski definition) is 6. The SMILES string of the molecule is CCN(CC)CC(O)CCC(=O)c1ccc(C#Cc2c(N)ncc3c(-c4ccn[nH]4)cccc23)cc1. The van der Waals surface area contributed by atoms with Crippen molar-refractivity contribution < 1.29 is 9.90 Å². The number of hydrogen-bond donors (Lipinski definition) is 3. The molecule has 0 saturated heterocycles. The standard InChI is InChI=1S/C29H31N5O2/c1-3-34(4-2)19-22(35)13-15-28(36)21-11-8-20(9-12-21)10-14-25-23-6-5-7-24(27-16-17-32-33-27)26(23)18-31-29(25)30/h5-9,11-12,16-18,22,35H,3-4,13,15,19H2,1-2H3,(H2,30,31)(H,32,33). The molecule has 0 bridgehead atoms. The average molecular weight is 482 g/mol. The van der Waals surface area contributed by atoms with E-state index in [4.69, 9.17) is 5.73 Å². The molecule has 36 heavy (non-hydrogen) atoms. The van der Waals surface area contributed by atoms with Crippen molar-refractivity contribution in [3.8, 4) is 23.1 Å². The van der Waals surface area contributed by atoms with Crippen molar-refractivity contribution in [1.82, 2.24) is 20.1 Å². The maximum Gasteiger partial charge on any atom is 0.162 e. The van der Waals surface area contributed by atoms with Gasteiger partial charge in [0.25, 0.3) is 0 Å². The predicted molar refractivity (Wildman–Crippen MR) is 144 cm³/mol. The van der Waals surface area contributed by atoms with Crippen LogP contribution in [0.4, 0.5) is 5.82 Å². The zero-order valence-corrected chi connectivity index (χ0v) is 20.7. The molecule has 4 N–H and O–H groups in total. The van der Waals surface area contributed by atoms with E-state index in [1.807, 2.05) is 36.4 Å². The third kappa shape index (κ3) is 5.80. The fourth-order valence-electron chi connectivity index (χ4n) is 4.22. The Hall–Kier alpha value is -3.99. The number of nitrogen functional groups attached to an aromatic ring is 1. The van der Waals surface area contributed by atoms with Crippen LogP contribution in [0.3, 0.4) is 0 Å². The molecule has 0 aliphatic heterocycles. The highest BCUT2D eigenvalue weighted by Crippen LogP contribution is 2.30. The van der Waals surface area contributed by atoms with E-state index in [0.717, 1.165) is 40.7 Å². The summed E-state index contributed by atoms with van der Waals surface area (Å²) in [5.41, 5.74) is 10.1. The summed E-state index contributed by atoms with van der Waals surface area (Å²) < 4.78 is 0. The van der Waals surface area contributed by atoms with Gasteiger partial charge in [-0.15, -0.1) is 0 Å². The number of pyridine rings is 1. The smallest absolute Gasteiger partial charge is 0.162 e. The Bertz CT molecular complexity index is 1380. The summed E-state index contributed by atoms with van der Waals surface area (Å²) in [5, 5.41) is 19.1. The van der Waals surface area contributed by atoms with E-state index in [-0.39, 0.29) is 5.78 Å². The molecule has 4 rings (SSSR count). The van der Waals surface area contributed by atoms with Crippen LogP contribution >= 0.6 is 0 Å². The minimum absolute atomic E-state index is 0.0157. The van der Waals surface area contributed by atoms with Gasteiger partial charge >= 0.3 is 0 Å². The predicted octanol–water partition coefficient (Wildman–Crippen LogP) is 4.27. The van der Waals surface area contributed by atoms with Crippen molar-refractivity contribution in [2.45, 2.75) is 32.8 Å². The minimum Gasteiger partial charge on any atom is -0.392 e. The average Bonchev–Trinajstić information content (AvgIpc) is 3.44. The van der Waals surface area contributed by atoms with Crippen molar-refractivity contribution in [3.63, 3.8) is 0 Å². The first-order valence-corrected chi connectivity index (χ1v) is 12.2. The van der Waals surface area contributed by atoms with Gasteiger partial charge in [0.15, 0.2) is 5.78 Å². The van der Waals surface area contributed by atoms with E-state index in [1.54, 1.807) is 24.5 Å². The number of aliphatic hydroxyl groups excluding tert-OH is 1. The van der Waals surface area contributed by atoms with Gasteiger partial charge in [-0.1, -0.05) is 56.0 Å². The van der Waals surface area contributed by atoms with Crippen LogP contribution in [0, 0.1) is 11.8 Å². The number of nitrogens with one attached hydrogen (secondary N) is 1. The fourth-order valence-corrected chi connectivity index (χ4v) is 4.22. The number of aromatic nitrogens is 3. The summed E-state index contributed by atoms with van der Waals surface area (Å²) in [4.78, 5) is 19.1. The second-order valence-electron chi connectivity index (χ2n) is 8.68. The zero-order valence-electron chi connectivity index (χ0n) is 20.7. The number of rotatable bonds is 9. The summed E-state index contributed by atoms with van der Waals surface area (Å²) >= 11 is 0. The number of Topliss-reactive ketones (excluding diaryl/α,β-unsaturated/α-hetero) is 1. The van der Waals surface area contributed by atoms with E-state index < -0.39 is 6.10 Å². The lowest BCUT2D eigenvalue weighted by atomic mass is 10.00. The number of likely N-dealkylation sites (N-methyl/N-ethyl adjacent to an activating group) is 1. The van der Waals surface area contributed by atoms with Gasteiger partial charge in [0.05, 0.1) is 17.4 Å². The van der Waals surface area contributed by atoms with Crippen LogP contribution < -0.4 is 5.73 Å². The number of fused-ring (bicyclic) bond motifs is 1. The van der Waals surface area contributed by atoms with Crippen molar-refractivity contribution in [2.24, 2.45) is 0 Å². The Labute approximate surface area is 211 Å². The highest BCUT2D eigenvalue weighted by atomic mass is 16.3. The molecule has 0 aliphatic rings. The molecular formula is C29H31N5O2. The largest absolute Gasteiger partial charge is 0.392 e. The second kappa shape index (κ2) is 11.6. The van der Waals surface area contributed by atoms with E-state index in [9.17, 15) is 9.90 Å². The first-order chi connectivity index (χ1) is 17.5. The lowest BCUT2D eigenvalue weighted by molar-refractivity contribution is 0.0877. The number of H-pyrrole nitrogens is 1. The Balaban J connectivity index is 1.49. The molecule has 0 fully saturated rings. The molecule has 4 aromatic rings. The molecule has 7 heteroatoms. The first-order valence-electron chi connectivity index (χ1n) is 12.2. The molecular weight excluding hydrogens is 450 g/mol. The summed E-state index contributed by atoms with van der Waals surface area (Å²) in [6.45, 7) is 6.49. The van der Waals surface area contributed by atoms with E-state index in [0.29, 0.717) is 36.3 Å². The number of aliphatic hydroxyl groups is 1. The quantitative estimate of drug-likeness (QED) is 0.243. The van der Waals surface area contributed by atoms with Gasteiger partial charge in [0, 0.05) is 52.8 Å². The third-order valence-corrected chi connectivity index (χ3v) is 6.36.